The van der Waals surface area contributed by atoms with Crippen molar-refractivity contribution in [2.75, 3.05) is 6.61 Å². The van der Waals surface area contributed by atoms with E-state index in [4.69, 9.17) is 20.4 Å². The monoisotopic (exact) mass is 347 g/mol. The molecule has 1 aliphatic heterocycles. The Hall–Kier alpha value is -2.25. The van der Waals surface area contributed by atoms with Crippen LogP contribution < -0.4 is 5.84 Å². The van der Waals surface area contributed by atoms with Crippen LogP contribution in [0.1, 0.15) is 38.3 Å². The molecule has 1 fully saturated rings. The summed E-state index contributed by atoms with van der Waals surface area (Å²) in [4.78, 5) is 14.8. The third-order valence-corrected chi connectivity index (χ3v) is 4.01. The highest BCUT2D eigenvalue weighted by atomic mass is 16.7. The van der Waals surface area contributed by atoms with Gasteiger partial charge in [0, 0.05) is 18.5 Å². The first-order valence-corrected chi connectivity index (χ1v) is 8.45. The number of hydrogen-bond donors (Lipinski definition) is 2. The van der Waals surface area contributed by atoms with Gasteiger partial charge >= 0.3 is 5.97 Å². The normalized spacial score (nSPS) is 24.5. The lowest BCUT2D eigenvalue weighted by Gasteiger charge is -2.35. The molecular weight excluding hydrogens is 322 g/mol. The molecule has 0 aromatic carbocycles. The van der Waals surface area contributed by atoms with Crippen LogP contribution in [0, 0.1) is 5.92 Å². The van der Waals surface area contributed by atoms with Crippen molar-refractivity contribution in [2.24, 2.45) is 16.9 Å². The molecule has 136 valence electrons. The molecule has 3 atom stereocenters. The molecule has 0 bridgehead atoms. The van der Waals surface area contributed by atoms with Gasteiger partial charge in [-0.15, -0.1) is 0 Å². The van der Waals surface area contributed by atoms with Gasteiger partial charge in [-0.2, -0.15) is 5.10 Å². The standard InChI is InChI=1S/C18H25N3O4/c1-13-24-12-14(8-4-2-3-5-10-16(22)23)18(25-13)17(21-19)15-9-6-7-11-20-15/h2,4,6-7,9,11,13-14,18H,3,5,8,10,12,19H2,1H3,(H,22,23)/b4-2-,21-17-/t13-,14+,18-/m1/s1. The van der Waals surface area contributed by atoms with E-state index in [1.807, 2.05) is 37.3 Å². The molecule has 0 saturated carbocycles. The molecule has 7 heteroatoms. The molecule has 1 aromatic heterocycles. The van der Waals surface area contributed by atoms with E-state index in [9.17, 15) is 4.79 Å². The minimum absolute atomic E-state index is 0.0660. The van der Waals surface area contributed by atoms with E-state index in [2.05, 4.69) is 10.1 Å². The molecule has 1 saturated heterocycles. The number of carboxylic acid groups (broad SMARTS) is 1. The van der Waals surface area contributed by atoms with Crippen molar-refractivity contribution < 1.29 is 19.4 Å². The van der Waals surface area contributed by atoms with Gasteiger partial charge in [-0.05, 0) is 38.3 Å². The third-order valence-electron chi connectivity index (χ3n) is 4.01. The van der Waals surface area contributed by atoms with Crippen LogP contribution in [0.3, 0.4) is 0 Å². The highest BCUT2D eigenvalue weighted by Crippen LogP contribution is 2.25. The van der Waals surface area contributed by atoms with E-state index in [-0.39, 0.29) is 24.7 Å². The predicted octanol–water partition coefficient (Wildman–Crippen LogP) is 2.32. The number of hydrazone groups is 1. The molecule has 25 heavy (non-hydrogen) atoms. The van der Waals surface area contributed by atoms with E-state index in [0.29, 0.717) is 24.4 Å². The topological polar surface area (TPSA) is 107 Å². The lowest BCUT2D eigenvalue weighted by Crippen LogP contribution is -2.44. The summed E-state index contributed by atoms with van der Waals surface area (Å²) in [5, 5.41) is 12.6. The first-order valence-electron chi connectivity index (χ1n) is 8.45. The minimum atomic E-state index is -0.768. The molecule has 1 aromatic rings. The summed E-state index contributed by atoms with van der Waals surface area (Å²) in [7, 11) is 0. The summed E-state index contributed by atoms with van der Waals surface area (Å²) in [6.45, 7) is 2.38. The van der Waals surface area contributed by atoms with Crippen molar-refractivity contribution in [1.29, 1.82) is 0 Å². The maximum atomic E-state index is 10.5. The van der Waals surface area contributed by atoms with Crippen LogP contribution in [-0.4, -0.2) is 40.8 Å². The van der Waals surface area contributed by atoms with Gasteiger partial charge in [0.15, 0.2) is 6.29 Å². The lowest BCUT2D eigenvalue weighted by atomic mass is 9.92. The van der Waals surface area contributed by atoms with E-state index in [0.717, 1.165) is 12.8 Å². The van der Waals surface area contributed by atoms with Crippen LogP contribution in [0.5, 0.6) is 0 Å². The first kappa shape index (κ1) is 19.1. The zero-order chi connectivity index (χ0) is 18.1. The number of pyridine rings is 1. The quantitative estimate of drug-likeness (QED) is 0.246. The molecule has 0 spiro atoms. The van der Waals surface area contributed by atoms with E-state index >= 15 is 0 Å². The maximum absolute atomic E-state index is 10.5. The highest BCUT2D eigenvalue weighted by Gasteiger charge is 2.34. The second-order valence-electron chi connectivity index (χ2n) is 5.94. The molecule has 0 radical (unpaired) electrons. The number of aromatic nitrogens is 1. The Balaban J connectivity index is 2.00. The molecule has 0 unspecified atom stereocenters. The number of carboxylic acids is 1. The van der Waals surface area contributed by atoms with E-state index < -0.39 is 5.97 Å². The second-order valence-corrected chi connectivity index (χ2v) is 5.94. The van der Waals surface area contributed by atoms with Crippen molar-refractivity contribution in [3.8, 4) is 0 Å². The zero-order valence-corrected chi connectivity index (χ0v) is 14.4. The van der Waals surface area contributed by atoms with Crippen LogP contribution in [0.4, 0.5) is 0 Å². The fourth-order valence-corrected chi connectivity index (χ4v) is 2.74. The summed E-state index contributed by atoms with van der Waals surface area (Å²) in [6, 6.07) is 5.57. The largest absolute Gasteiger partial charge is 0.481 e. The highest BCUT2D eigenvalue weighted by molar-refractivity contribution is 6.02. The summed E-state index contributed by atoms with van der Waals surface area (Å²) in [5.41, 5.74) is 1.31. The zero-order valence-electron chi connectivity index (χ0n) is 14.4. The minimum Gasteiger partial charge on any atom is -0.481 e. The fourth-order valence-electron chi connectivity index (χ4n) is 2.74. The molecule has 7 nitrogen and oxygen atoms in total. The van der Waals surface area contributed by atoms with Gasteiger partial charge in [-0.1, -0.05) is 18.2 Å². The fraction of sp³-hybridized carbons (Fsp3) is 0.500. The Bertz CT molecular complexity index is 604. The summed E-state index contributed by atoms with van der Waals surface area (Å²) in [6.07, 6.45) is 7.38. The Morgan fingerprint density at radius 3 is 3.00 bits per heavy atom. The average molecular weight is 347 g/mol. The Morgan fingerprint density at radius 2 is 2.32 bits per heavy atom. The number of rotatable bonds is 8. The number of nitrogens with zero attached hydrogens (tertiary/aromatic N) is 2. The number of allylic oxidation sites excluding steroid dienone is 2. The number of carbonyl (C=O) groups is 1. The number of unbranched alkanes of at least 4 members (excludes halogenated alkanes) is 1. The van der Waals surface area contributed by atoms with Gasteiger partial charge in [0.1, 0.15) is 11.8 Å². The molecular formula is C18H25N3O4. The summed E-state index contributed by atoms with van der Waals surface area (Å²) in [5.74, 6) is 4.92. The van der Waals surface area contributed by atoms with Crippen LogP contribution in [0.25, 0.3) is 0 Å². The number of ether oxygens (including phenoxy) is 2. The summed E-state index contributed by atoms with van der Waals surface area (Å²) >= 11 is 0. The number of nitrogens with two attached hydrogens (primary N) is 1. The van der Waals surface area contributed by atoms with Crippen molar-refractivity contribution in [3.63, 3.8) is 0 Å². The van der Waals surface area contributed by atoms with Gasteiger partial charge in [0.05, 0.1) is 12.3 Å². The van der Waals surface area contributed by atoms with Crippen molar-refractivity contribution in [2.45, 2.75) is 45.0 Å². The second kappa shape index (κ2) is 9.90. The SMILES string of the molecule is C[C@@H]1OC[C@H](C/C=C\CCCC(=O)O)[C@H](/C(=N\N)c2ccccn2)O1. The predicted molar refractivity (Wildman–Crippen MR) is 94.0 cm³/mol. The van der Waals surface area contributed by atoms with Gasteiger partial charge in [-0.25, -0.2) is 0 Å². The van der Waals surface area contributed by atoms with Gasteiger partial charge in [0.25, 0.3) is 0 Å². The molecule has 2 heterocycles. The van der Waals surface area contributed by atoms with E-state index in [1.54, 1.807) is 6.20 Å². The van der Waals surface area contributed by atoms with Crippen LogP contribution in [0.15, 0.2) is 41.6 Å². The van der Waals surface area contributed by atoms with Gasteiger partial charge in [0.2, 0.25) is 0 Å². The molecule has 0 amide bonds. The van der Waals surface area contributed by atoms with Crippen molar-refractivity contribution in [1.82, 2.24) is 4.98 Å². The Kier molecular flexibility index (Phi) is 7.56. The number of hydrogen-bond acceptors (Lipinski definition) is 6. The third kappa shape index (κ3) is 5.95. The summed E-state index contributed by atoms with van der Waals surface area (Å²) < 4.78 is 11.5. The van der Waals surface area contributed by atoms with Crippen LogP contribution in [-0.2, 0) is 14.3 Å². The molecule has 3 N–H and O–H groups in total. The van der Waals surface area contributed by atoms with Gasteiger partial charge in [-0.3, -0.25) is 9.78 Å². The number of aliphatic carboxylic acids is 1. The van der Waals surface area contributed by atoms with Crippen molar-refractivity contribution >= 4 is 11.7 Å². The Labute approximate surface area is 147 Å². The van der Waals surface area contributed by atoms with Crippen LogP contribution >= 0.6 is 0 Å². The Morgan fingerprint density at radius 1 is 1.48 bits per heavy atom. The molecule has 2 rings (SSSR count). The molecule has 0 aliphatic carbocycles. The maximum Gasteiger partial charge on any atom is 0.303 e. The lowest BCUT2D eigenvalue weighted by molar-refractivity contribution is -0.207. The van der Waals surface area contributed by atoms with Crippen molar-refractivity contribution in [3.05, 3.63) is 42.2 Å². The first-order chi connectivity index (χ1) is 12.1. The molecule has 1 aliphatic rings. The smallest absolute Gasteiger partial charge is 0.303 e. The van der Waals surface area contributed by atoms with E-state index in [1.165, 1.54) is 0 Å². The van der Waals surface area contributed by atoms with Gasteiger partial charge < -0.3 is 20.4 Å². The average Bonchev–Trinajstić information content (AvgIpc) is 2.61. The van der Waals surface area contributed by atoms with Crippen LogP contribution in [0.2, 0.25) is 0 Å².